The number of hydrogen-bond acceptors (Lipinski definition) is 5. The zero-order valence-corrected chi connectivity index (χ0v) is 14.8. The molecule has 1 unspecified atom stereocenters. The van der Waals surface area contributed by atoms with Crippen molar-refractivity contribution in [2.24, 2.45) is 11.8 Å². The summed E-state index contributed by atoms with van der Waals surface area (Å²) in [7, 11) is 0. The van der Waals surface area contributed by atoms with Crippen LogP contribution in [0.25, 0.3) is 11.1 Å². The largest absolute Gasteiger partial charge is 0.484 e. The van der Waals surface area contributed by atoms with E-state index in [4.69, 9.17) is 19.9 Å². The molecule has 4 rings (SSSR count). The summed E-state index contributed by atoms with van der Waals surface area (Å²) in [5.41, 5.74) is 2.72. The van der Waals surface area contributed by atoms with E-state index in [9.17, 15) is 0 Å². The van der Waals surface area contributed by atoms with Crippen LogP contribution < -0.4 is 10.6 Å². The highest BCUT2D eigenvalue weighted by Gasteiger charge is 2.25. The molecule has 0 aliphatic heterocycles. The molecule has 1 saturated carbocycles. The van der Waals surface area contributed by atoms with Crippen LogP contribution in [0, 0.1) is 5.92 Å². The van der Waals surface area contributed by atoms with E-state index in [1.807, 2.05) is 48.5 Å². The number of nitrogens with zero attached hydrogens (tertiary/aromatic N) is 1. The van der Waals surface area contributed by atoms with Crippen LogP contribution in [0.3, 0.4) is 0 Å². The number of aromatic nitrogens is 1. The highest BCUT2D eigenvalue weighted by Crippen LogP contribution is 2.36. The van der Waals surface area contributed by atoms with Crippen molar-refractivity contribution in [2.75, 3.05) is 0 Å². The molecule has 26 heavy (non-hydrogen) atoms. The monoisotopic (exact) mass is 352 g/mol. The molecule has 0 amide bonds. The van der Waals surface area contributed by atoms with Crippen LogP contribution >= 0.6 is 0 Å². The predicted octanol–water partition coefficient (Wildman–Crippen LogP) is 4.92. The van der Waals surface area contributed by atoms with Gasteiger partial charge >= 0.3 is 0 Å². The first-order valence-corrected chi connectivity index (χ1v) is 9.26. The van der Waals surface area contributed by atoms with Crippen molar-refractivity contribution >= 4 is 11.1 Å². The maximum Gasteiger partial charge on any atom is 0.233 e. The molecule has 1 fully saturated rings. The van der Waals surface area contributed by atoms with Crippen LogP contribution in [-0.2, 0) is 11.4 Å². The van der Waals surface area contributed by atoms with E-state index < -0.39 is 0 Å². The van der Waals surface area contributed by atoms with Gasteiger partial charge in [0.15, 0.2) is 12.2 Å². The van der Waals surface area contributed by atoms with Crippen molar-refractivity contribution in [3.63, 3.8) is 0 Å². The molecule has 0 radical (unpaired) electrons. The number of ether oxygens (including phenoxy) is 1. The summed E-state index contributed by atoms with van der Waals surface area (Å²) in [6, 6.07) is 15.7. The van der Waals surface area contributed by atoms with Crippen molar-refractivity contribution in [3.05, 3.63) is 60.0 Å². The second-order valence-electron chi connectivity index (χ2n) is 6.89. The summed E-state index contributed by atoms with van der Waals surface area (Å²) in [6.45, 7) is 0.299. The lowest BCUT2D eigenvalue weighted by atomic mass is 9.83. The minimum Gasteiger partial charge on any atom is -0.484 e. The van der Waals surface area contributed by atoms with Gasteiger partial charge in [0.25, 0.3) is 0 Å². The molecule has 3 aromatic rings. The smallest absolute Gasteiger partial charge is 0.233 e. The maximum absolute atomic E-state index is 5.81. The lowest BCUT2D eigenvalue weighted by Crippen LogP contribution is -2.21. The standard InChI is InChI=1S/C21H24N2O3/c22-26-21(15-6-2-1-3-7-15)16-10-12-17(13-11-16)24-14-20-23-18-8-4-5-9-19(18)25-20/h4-5,8-13,15,21H,1-3,6-7,14,22H2. The van der Waals surface area contributed by atoms with Gasteiger partial charge in [0.2, 0.25) is 5.89 Å². The van der Waals surface area contributed by atoms with E-state index in [0.29, 0.717) is 18.4 Å². The van der Waals surface area contributed by atoms with Crippen LogP contribution in [0.5, 0.6) is 5.75 Å². The molecule has 5 nitrogen and oxygen atoms in total. The van der Waals surface area contributed by atoms with Crippen LogP contribution in [0.15, 0.2) is 52.9 Å². The zero-order valence-electron chi connectivity index (χ0n) is 14.8. The summed E-state index contributed by atoms with van der Waals surface area (Å²) in [6.07, 6.45) is 6.15. The molecule has 0 bridgehead atoms. The molecule has 1 atom stereocenters. The molecule has 1 aliphatic rings. The lowest BCUT2D eigenvalue weighted by Gasteiger charge is -2.28. The van der Waals surface area contributed by atoms with Gasteiger partial charge in [0, 0.05) is 0 Å². The van der Waals surface area contributed by atoms with E-state index in [-0.39, 0.29) is 6.10 Å². The number of oxazole rings is 1. The summed E-state index contributed by atoms with van der Waals surface area (Å²) in [5, 5.41) is 0. The quantitative estimate of drug-likeness (QED) is 0.638. The van der Waals surface area contributed by atoms with Crippen molar-refractivity contribution in [1.82, 2.24) is 4.98 Å². The Hall–Kier alpha value is -2.37. The number of benzene rings is 2. The number of fused-ring (bicyclic) bond motifs is 1. The highest BCUT2D eigenvalue weighted by molar-refractivity contribution is 5.72. The Morgan fingerprint density at radius 1 is 1.04 bits per heavy atom. The number of nitrogens with two attached hydrogens (primary N) is 1. The first kappa shape index (κ1) is 17.1. The van der Waals surface area contributed by atoms with Gasteiger partial charge in [-0.05, 0) is 48.6 Å². The SMILES string of the molecule is NOC(c1ccc(OCc2nc3ccccc3o2)cc1)C1CCCCC1. The average molecular weight is 352 g/mol. The first-order chi connectivity index (χ1) is 12.8. The summed E-state index contributed by atoms with van der Waals surface area (Å²) >= 11 is 0. The fourth-order valence-electron chi connectivity index (χ4n) is 3.78. The molecular weight excluding hydrogens is 328 g/mol. The number of hydrogen-bond donors (Lipinski definition) is 1. The second kappa shape index (κ2) is 7.89. The van der Waals surface area contributed by atoms with Crippen molar-refractivity contribution in [3.8, 4) is 5.75 Å². The van der Waals surface area contributed by atoms with Crippen molar-refractivity contribution in [2.45, 2.75) is 44.8 Å². The van der Waals surface area contributed by atoms with Gasteiger partial charge in [0.1, 0.15) is 17.4 Å². The molecule has 2 N–H and O–H groups in total. The maximum atomic E-state index is 5.81. The zero-order chi connectivity index (χ0) is 17.8. The van der Waals surface area contributed by atoms with Gasteiger partial charge in [-0.15, -0.1) is 0 Å². The first-order valence-electron chi connectivity index (χ1n) is 9.26. The molecule has 0 saturated heterocycles. The van der Waals surface area contributed by atoms with Gasteiger partial charge in [-0.2, -0.15) is 0 Å². The third-order valence-corrected chi connectivity index (χ3v) is 5.13. The molecule has 2 aromatic carbocycles. The predicted molar refractivity (Wildman–Crippen MR) is 99.4 cm³/mol. The minimum atomic E-state index is -0.0404. The topological polar surface area (TPSA) is 70.5 Å². The van der Waals surface area contributed by atoms with Gasteiger partial charge in [-0.3, -0.25) is 4.84 Å². The Morgan fingerprint density at radius 2 is 1.81 bits per heavy atom. The third kappa shape index (κ3) is 3.74. The Labute approximate surface area is 153 Å². The number of rotatable bonds is 6. The fourth-order valence-corrected chi connectivity index (χ4v) is 3.78. The van der Waals surface area contributed by atoms with Crippen molar-refractivity contribution in [1.29, 1.82) is 0 Å². The average Bonchev–Trinajstić information content (AvgIpc) is 3.12. The Balaban J connectivity index is 1.40. The third-order valence-electron chi connectivity index (χ3n) is 5.13. The Kier molecular flexibility index (Phi) is 5.18. The molecule has 1 aromatic heterocycles. The van der Waals surface area contributed by atoms with E-state index >= 15 is 0 Å². The van der Waals surface area contributed by atoms with Crippen molar-refractivity contribution < 1.29 is 14.0 Å². The van der Waals surface area contributed by atoms with Gasteiger partial charge < -0.3 is 9.15 Å². The Bertz CT molecular complexity index is 805. The fraction of sp³-hybridized carbons (Fsp3) is 0.381. The van der Waals surface area contributed by atoms with Gasteiger partial charge in [-0.25, -0.2) is 10.9 Å². The van der Waals surface area contributed by atoms with Gasteiger partial charge in [0.05, 0.1) is 0 Å². The Morgan fingerprint density at radius 3 is 2.54 bits per heavy atom. The van der Waals surface area contributed by atoms with Crippen LogP contribution in [0.4, 0.5) is 0 Å². The van der Waals surface area contributed by atoms with E-state index in [2.05, 4.69) is 4.98 Å². The number of para-hydroxylation sites is 2. The molecule has 0 spiro atoms. The molecular formula is C21H24N2O3. The van der Waals surface area contributed by atoms with Crippen LogP contribution in [0.2, 0.25) is 0 Å². The minimum absolute atomic E-state index is 0.0404. The van der Waals surface area contributed by atoms with E-state index in [0.717, 1.165) is 22.4 Å². The summed E-state index contributed by atoms with van der Waals surface area (Å²) in [5.74, 6) is 7.44. The molecule has 1 aliphatic carbocycles. The lowest BCUT2D eigenvalue weighted by molar-refractivity contribution is -0.00279. The molecule has 1 heterocycles. The van der Waals surface area contributed by atoms with Crippen LogP contribution in [-0.4, -0.2) is 4.98 Å². The normalized spacial score (nSPS) is 16.7. The van der Waals surface area contributed by atoms with Gasteiger partial charge in [-0.1, -0.05) is 43.5 Å². The highest BCUT2D eigenvalue weighted by atomic mass is 16.6. The van der Waals surface area contributed by atoms with E-state index in [1.165, 1.54) is 32.1 Å². The molecule has 5 heteroatoms. The molecule has 136 valence electrons. The van der Waals surface area contributed by atoms with E-state index in [1.54, 1.807) is 0 Å². The summed E-state index contributed by atoms with van der Waals surface area (Å²) < 4.78 is 11.5. The summed E-state index contributed by atoms with van der Waals surface area (Å²) in [4.78, 5) is 9.73. The second-order valence-corrected chi connectivity index (χ2v) is 6.89. The van der Waals surface area contributed by atoms with Crippen LogP contribution in [0.1, 0.15) is 49.7 Å².